The van der Waals surface area contributed by atoms with Crippen LogP contribution in [0.2, 0.25) is 0 Å². The molecule has 138 valence electrons. The van der Waals surface area contributed by atoms with E-state index in [1.54, 1.807) is 6.33 Å². The van der Waals surface area contributed by atoms with Crippen LogP contribution in [-0.2, 0) is 6.42 Å². The Labute approximate surface area is 155 Å². The van der Waals surface area contributed by atoms with Crippen molar-refractivity contribution in [3.05, 3.63) is 30.2 Å². The molecule has 2 aromatic rings. The van der Waals surface area contributed by atoms with Crippen molar-refractivity contribution >= 4 is 17.5 Å². The van der Waals surface area contributed by atoms with Crippen LogP contribution in [0.3, 0.4) is 0 Å². The van der Waals surface area contributed by atoms with Crippen molar-refractivity contribution in [2.24, 2.45) is 0 Å². The molecular weight excluding hydrogens is 326 g/mol. The maximum absolute atomic E-state index is 4.49. The number of piperazine rings is 1. The first-order valence-corrected chi connectivity index (χ1v) is 9.73. The molecule has 0 aromatic carbocycles. The fourth-order valence-corrected chi connectivity index (χ4v) is 3.70. The molecule has 0 bridgehead atoms. The molecule has 0 atom stereocenters. The van der Waals surface area contributed by atoms with E-state index >= 15 is 0 Å². The molecule has 7 nitrogen and oxygen atoms in total. The van der Waals surface area contributed by atoms with Gasteiger partial charge in [-0.15, -0.1) is 10.2 Å². The van der Waals surface area contributed by atoms with Crippen LogP contribution in [0.15, 0.2) is 24.5 Å². The predicted molar refractivity (Wildman–Crippen MR) is 104 cm³/mol. The number of nitrogens with zero attached hydrogens (tertiary/aromatic N) is 7. The Morgan fingerprint density at radius 3 is 1.88 bits per heavy atom. The summed E-state index contributed by atoms with van der Waals surface area (Å²) >= 11 is 0. The zero-order valence-corrected chi connectivity index (χ0v) is 15.5. The van der Waals surface area contributed by atoms with Gasteiger partial charge < -0.3 is 14.7 Å². The zero-order chi connectivity index (χ0) is 17.8. The molecule has 26 heavy (non-hydrogen) atoms. The molecule has 0 amide bonds. The molecule has 7 heteroatoms. The van der Waals surface area contributed by atoms with Gasteiger partial charge in [0, 0.05) is 51.0 Å². The Bertz CT molecular complexity index is 704. The van der Waals surface area contributed by atoms with E-state index in [0.717, 1.165) is 68.8 Å². The molecular formula is C19H27N7. The largest absolute Gasteiger partial charge is 0.355 e. The molecule has 4 rings (SSSR count). The number of aryl methyl sites for hydroxylation is 1. The first-order valence-electron chi connectivity index (χ1n) is 9.73. The van der Waals surface area contributed by atoms with Crippen molar-refractivity contribution in [1.29, 1.82) is 0 Å². The van der Waals surface area contributed by atoms with Crippen molar-refractivity contribution in [1.82, 2.24) is 20.2 Å². The normalized spacial score (nSPS) is 18.3. The average Bonchev–Trinajstić information content (AvgIpc) is 2.75. The summed E-state index contributed by atoms with van der Waals surface area (Å²) in [6.07, 6.45) is 6.46. The summed E-state index contributed by atoms with van der Waals surface area (Å²) in [7, 11) is 0. The van der Waals surface area contributed by atoms with Gasteiger partial charge in [-0.3, -0.25) is 0 Å². The summed E-state index contributed by atoms with van der Waals surface area (Å²) in [5.74, 6) is 3.02. The van der Waals surface area contributed by atoms with E-state index in [4.69, 9.17) is 0 Å². The average molecular weight is 353 g/mol. The van der Waals surface area contributed by atoms with Crippen molar-refractivity contribution < 1.29 is 0 Å². The summed E-state index contributed by atoms with van der Waals surface area (Å²) in [5, 5.41) is 8.97. The van der Waals surface area contributed by atoms with Crippen molar-refractivity contribution in [3.63, 3.8) is 0 Å². The third-order valence-corrected chi connectivity index (χ3v) is 5.32. The van der Waals surface area contributed by atoms with Crippen LogP contribution >= 0.6 is 0 Å². The number of piperidine rings is 1. The van der Waals surface area contributed by atoms with E-state index in [0.29, 0.717) is 0 Å². The van der Waals surface area contributed by atoms with Crippen LogP contribution < -0.4 is 14.7 Å². The van der Waals surface area contributed by atoms with E-state index in [1.807, 2.05) is 0 Å². The van der Waals surface area contributed by atoms with Gasteiger partial charge in [-0.2, -0.15) is 0 Å². The van der Waals surface area contributed by atoms with E-state index in [1.165, 1.54) is 19.3 Å². The van der Waals surface area contributed by atoms with Crippen molar-refractivity contribution in [2.45, 2.75) is 32.6 Å². The van der Waals surface area contributed by atoms with E-state index < -0.39 is 0 Å². The van der Waals surface area contributed by atoms with Gasteiger partial charge in [0.15, 0.2) is 11.6 Å². The van der Waals surface area contributed by atoms with E-state index in [9.17, 15) is 0 Å². The Hall–Kier alpha value is -2.44. The van der Waals surface area contributed by atoms with Crippen LogP contribution in [0.4, 0.5) is 17.5 Å². The summed E-state index contributed by atoms with van der Waals surface area (Å²) < 4.78 is 0. The molecule has 2 aliphatic heterocycles. The second kappa shape index (κ2) is 7.85. The lowest BCUT2D eigenvalue weighted by atomic mass is 10.1. The highest BCUT2D eigenvalue weighted by molar-refractivity contribution is 5.48. The quantitative estimate of drug-likeness (QED) is 0.834. The summed E-state index contributed by atoms with van der Waals surface area (Å²) in [6.45, 7) is 8.07. The lowest BCUT2D eigenvalue weighted by Gasteiger charge is -2.36. The fourth-order valence-electron chi connectivity index (χ4n) is 3.70. The predicted octanol–water partition coefficient (Wildman–Crippen LogP) is 2.15. The van der Waals surface area contributed by atoms with Crippen LogP contribution in [0.25, 0.3) is 0 Å². The SMILES string of the molecule is CCc1cc(N2CCN(c3ccc(N4CCCCC4)nn3)CC2)ncn1. The topological polar surface area (TPSA) is 61.3 Å². The van der Waals surface area contributed by atoms with E-state index in [-0.39, 0.29) is 0 Å². The number of rotatable bonds is 4. The summed E-state index contributed by atoms with van der Waals surface area (Å²) in [5.41, 5.74) is 1.09. The van der Waals surface area contributed by atoms with Gasteiger partial charge in [0.25, 0.3) is 0 Å². The van der Waals surface area contributed by atoms with Crippen LogP contribution in [0, 0.1) is 0 Å². The Morgan fingerprint density at radius 1 is 0.731 bits per heavy atom. The molecule has 0 saturated carbocycles. The molecule has 0 radical (unpaired) electrons. The molecule has 0 aliphatic carbocycles. The molecule has 2 saturated heterocycles. The zero-order valence-electron chi connectivity index (χ0n) is 15.5. The van der Waals surface area contributed by atoms with Gasteiger partial charge in [-0.25, -0.2) is 9.97 Å². The van der Waals surface area contributed by atoms with Crippen molar-refractivity contribution in [2.75, 3.05) is 54.0 Å². The second-order valence-corrected chi connectivity index (χ2v) is 6.99. The first kappa shape index (κ1) is 17.0. The third-order valence-electron chi connectivity index (χ3n) is 5.32. The minimum absolute atomic E-state index is 0.934. The standard InChI is InChI=1S/C19H27N7/c1-2-16-14-19(21-15-20-16)26-12-10-25(11-13-26)18-7-6-17(22-23-18)24-8-4-3-5-9-24/h6-7,14-15H,2-5,8-13H2,1H3. The van der Waals surface area contributed by atoms with Gasteiger partial charge in [0.2, 0.25) is 0 Å². The number of anilines is 3. The minimum atomic E-state index is 0.934. The number of aromatic nitrogens is 4. The number of hydrogen-bond acceptors (Lipinski definition) is 7. The number of hydrogen-bond donors (Lipinski definition) is 0. The van der Waals surface area contributed by atoms with Crippen molar-refractivity contribution in [3.8, 4) is 0 Å². The van der Waals surface area contributed by atoms with Gasteiger partial charge in [0.1, 0.15) is 12.1 Å². The lowest BCUT2D eigenvalue weighted by molar-refractivity contribution is 0.570. The Balaban J connectivity index is 1.36. The molecule has 0 unspecified atom stereocenters. The first-order chi connectivity index (χ1) is 12.8. The monoisotopic (exact) mass is 353 g/mol. The summed E-state index contributed by atoms with van der Waals surface area (Å²) in [6, 6.07) is 6.34. The lowest BCUT2D eigenvalue weighted by Crippen LogP contribution is -2.47. The fraction of sp³-hybridized carbons (Fsp3) is 0.579. The Kier molecular flexibility index (Phi) is 5.13. The summed E-state index contributed by atoms with van der Waals surface area (Å²) in [4.78, 5) is 15.7. The van der Waals surface area contributed by atoms with Crippen LogP contribution in [0.1, 0.15) is 31.9 Å². The molecule has 2 aliphatic rings. The maximum atomic E-state index is 4.49. The van der Waals surface area contributed by atoms with Gasteiger partial charge in [-0.05, 0) is 37.8 Å². The van der Waals surface area contributed by atoms with Gasteiger partial charge in [0.05, 0.1) is 0 Å². The highest BCUT2D eigenvalue weighted by Crippen LogP contribution is 2.21. The molecule has 0 spiro atoms. The molecule has 0 N–H and O–H groups in total. The third kappa shape index (κ3) is 3.71. The van der Waals surface area contributed by atoms with E-state index in [2.05, 4.69) is 60.0 Å². The highest BCUT2D eigenvalue weighted by atomic mass is 15.3. The van der Waals surface area contributed by atoms with Gasteiger partial charge >= 0.3 is 0 Å². The molecule has 2 aromatic heterocycles. The van der Waals surface area contributed by atoms with Crippen LogP contribution in [-0.4, -0.2) is 59.4 Å². The smallest absolute Gasteiger partial charge is 0.151 e. The molecule has 2 fully saturated rings. The second-order valence-electron chi connectivity index (χ2n) is 6.99. The Morgan fingerprint density at radius 2 is 1.31 bits per heavy atom. The molecule has 4 heterocycles. The van der Waals surface area contributed by atoms with Gasteiger partial charge in [-0.1, -0.05) is 6.92 Å². The maximum Gasteiger partial charge on any atom is 0.151 e. The minimum Gasteiger partial charge on any atom is -0.355 e. The van der Waals surface area contributed by atoms with Crippen LogP contribution in [0.5, 0.6) is 0 Å². The highest BCUT2D eigenvalue weighted by Gasteiger charge is 2.20.